The van der Waals surface area contributed by atoms with Gasteiger partial charge in [-0.2, -0.15) is 0 Å². The van der Waals surface area contributed by atoms with E-state index in [0.717, 1.165) is 24.5 Å². The molecule has 0 saturated heterocycles. The van der Waals surface area contributed by atoms with Gasteiger partial charge in [0.05, 0.1) is 30.0 Å². The van der Waals surface area contributed by atoms with Crippen molar-refractivity contribution < 1.29 is 14.3 Å². The molecule has 2 N–H and O–H groups in total. The molecule has 0 saturated carbocycles. The first-order valence-electron chi connectivity index (χ1n) is 11.7. The molecule has 0 aliphatic carbocycles. The van der Waals surface area contributed by atoms with E-state index in [1.807, 2.05) is 46.0 Å². The Kier molecular flexibility index (Phi) is 11.4. The van der Waals surface area contributed by atoms with E-state index in [0.29, 0.717) is 46.7 Å². The molecule has 0 amide bonds. The first kappa shape index (κ1) is 30.2. The highest BCUT2D eigenvalue weighted by atomic mass is 35.5. The van der Waals surface area contributed by atoms with E-state index >= 15 is 0 Å². The van der Waals surface area contributed by atoms with Crippen molar-refractivity contribution in [3.05, 3.63) is 50.9 Å². The van der Waals surface area contributed by atoms with Crippen LogP contribution in [-0.2, 0) is 4.79 Å². The average molecular weight is 549 g/mol. The number of anilines is 1. The fraction of sp³-hybridized carbons (Fsp3) is 0.370. The van der Waals surface area contributed by atoms with E-state index in [1.54, 1.807) is 18.3 Å². The van der Waals surface area contributed by atoms with E-state index in [-0.39, 0.29) is 15.6 Å². The third-order valence-electron chi connectivity index (χ3n) is 5.87. The minimum atomic E-state index is 0.204. The maximum absolute atomic E-state index is 12.3. The Balaban J connectivity index is 2.68. The largest absolute Gasteiger partial charge is 0.495 e. The highest BCUT2D eigenvalue weighted by molar-refractivity contribution is 6.41. The number of pyridine rings is 1. The predicted molar refractivity (Wildman–Crippen MR) is 155 cm³/mol. The number of nitrogens with one attached hydrogen (secondary N) is 2. The molecule has 8 nitrogen and oxygen atoms in total. The predicted octanol–water partition coefficient (Wildman–Crippen LogP) is 5.13. The van der Waals surface area contributed by atoms with Crippen molar-refractivity contribution in [2.45, 2.75) is 13.8 Å². The lowest BCUT2D eigenvalue weighted by Crippen LogP contribution is -2.26. The Morgan fingerprint density at radius 3 is 2.24 bits per heavy atom. The number of nitrogens with zero attached hydrogens (tertiary/aromatic N) is 3. The smallest absolute Gasteiger partial charge is 0.150 e. The van der Waals surface area contributed by atoms with Crippen molar-refractivity contribution in [3.8, 4) is 11.5 Å². The number of benzene rings is 1. The number of carbonyl (C=O) groups is 1. The molecule has 37 heavy (non-hydrogen) atoms. The lowest BCUT2D eigenvalue weighted by Gasteiger charge is -2.21. The highest BCUT2D eigenvalue weighted by Crippen LogP contribution is 2.44. The number of carbonyl (C=O) groups excluding carboxylic acids is 1. The number of rotatable bonds is 13. The van der Waals surface area contributed by atoms with Crippen LogP contribution >= 0.6 is 23.2 Å². The summed E-state index contributed by atoms with van der Waals surface area (Å²) in [4.78, 5) is 21.0. The molecule has 2 aromatic rings. The Morgan fingerprint density at radius 2 is 1.76 bits per heavy atom. The molecule has 2 rings (SSSR count). The van der Waals surface area contributed by atoms with Gasteiger partial charge in [0.15, 0.2) is 6.29 Å². The van der Waals surface area contributed by atoms with E-state index < -0.39 is 0 Å². The van der Waals surface area contributed by atoms with Crippen molar-refractivity contribution in [3.63, 3.8) is 0 Å². The number of methoxy groups -OCH3 is 2. The van der Waals surface area contributed by atoms with Gasteiger partial charge in [-0.3, -0.25) is 9.78 Å². The molecular weight excluding hydrogens is 513 g/mol. The van der Waals surface area contributed by atoms with Crippen LogP contribution in [0.15, 0.2) is 24.0 Å². The summed E-state index contributed by atoms with van der Waals surface area (Å²) >= 11 is 13.1. The fourth-order valence-electron chi connectivity index (χ4n) is 3.62. The van der Waals surface area contributed by atoms with Crippen molar-refractivity contribution in [2.24, 2.45) is 0 Å². The van der Waals surface area contributed by atoms with Crippen LogP contribution in [0.3, 0.4) is 0 Å². The third kappa shape index (κ3) is 7.25. The van der Waals surface area contributed by atoms with Gasteiger partial charge in [-0.15, -0.1) is 0 Å². The van der Waals surface area contributed by atoms with Crippen molar-refractivity contribution in [2.75, 3.05) is 59.9 Å². The zero-order chi connectivity index (χ0) is 27.7. The molecule has 200 valence electrons. The normalized spacial score (nSPS) is 12.2. The molecule has 1 aromatic carbocycles. The van der Waals surface area contributed by atoms with E-state index in [2.05, 4.69) is 15.2 Å². The molecular formula is C27H35Cl2N5O3. The molecule has 1 heterocycles. The first-order chi connectivity index (χ1) is 17.6. The van der Waals surface area contributed by atoms with Crippen LogP contribution < -0.4 is 19.7 Å². The zero-order valence-electron chi connectivity index (χ0n) is 22.4. The number of likely N-dealkylation sites (N-methyl/N-ethyl adjacent to an activating group) is 1. The average Bonchev–Trinajstić information content (AvgIpc) is 2.88. The quantitative estimate of drug-likeness (QED) is 0.204. The molecule has 10 heteroatoms. The molecule has 0 unspecified atom stereocenters. The van der Waals surface area contributed by atoms with Gasteiger partial charge in [0, 0.05) is 78.8 Å². The number of hydrogen-bond donors (Lipinski definition) is 2. The van der Waals surface area contributed by atoms with Gasteiger partial charge in [-0.05, 0) is 40.1 Å². The Labute approximate surface area is 229 Å². The summed E-state index contributed by atoms with van der Waals surface area (Å²) in [6.07, 6.45) is 5.35. The highest BCUT2D eigenvalue weighted by Gasteiger charge is 2.21. The lowest BCUT2D eigenvalue weighted by molar-refractivity contribution is -0.103. The summed E-state index contributed by atoms with van der Waals surface area (Å²) in [5.74, 6) is 0.672. The molecule has 0 radical (unpaired) electrons. The molecule has 0 fully saturated rings. The summed E-state index contributed by atoms with van der Waals surface area (Å²) in [5, 5.41) is 11.8. The second kappa shape index (κ2) is 14.0. The van der Waals surface area contributed by atoms with Crippen LogP contribution in [0.25, 0.3) is 17.2 Å². The summed E-state index contributed by atoms with van der Waals surface area (Å²) in [6, 6.07) is 3.48. The molecule has 0 aliphatic rings. The molecule has 1 aromatic heterocycles. The second-order valence-corrected chi connectivity index (χ2v) is 9.31. The fourth-order valence-corrected chi connectivity index (χ4v) is 4.34. The molecule has 0 spiro atoms. The summed E-state index contributed by atoms with van der Waals surface area (Å²) in [7, 11) is 8.92. The zero-order valence-corrected chi connectivity index (χ0v) is 23.9. The Hall–Kier alpha value is -3.07. The molecule has 0 aliphatic heterocycles. The lowest BCUT2D eigenvalue weighted by atomic mass is 10.0. The van der Waals surface area contributed by atoms with Gasteiger partial charge >= 0.3 is 0 Å². The summed E-state index contributed by atoms with van der Waals surface area (Å²) in [5.41, 5.74) is 4.25. The first-order valence-corrected chi connectivity index (χ1v) is 12.5. The number of allylic oxidation sites excluding steroid dienone is 3. The van der Waals surface area contributed by atoms with Gasteiger partial charge < -0.3 is 30.0 Å². The van der Waals surface area contributed by atoms with Crippen LogP contribution in [0.2, 0.25) is 10.0 Å². The van der Waals surface area contributed by atoms with E-state index in [4.69, 9.17) is 38.1 Å². The van der Waals surface area contributed by atoms with Crippen molar-refractivity contribution >= 4 is 58.6 Å². The van der Waals surface area contributed by atoms with Crippen LogP contribution in [0.1, 0.15) is 30.7 Å². The Bertz CT molecular complexity index is 1170. The van der Waals surface area contributed by atoms with Gasteiger partial charge in [0.2, 0.25) is 0 Å². The summed E-state index contributed by atoms with van der Waals surface area (Å²) in [6.45, 7) is 6.26. The maximum Gasteiger partial charge on any atom is 0.150 e. The molecule has 0 bridgehead atoms. The van der Waals surface area contributed by atoms with E-state index in [1.165, 1.54) is 20.4 Å². The standard InChI is InChI=1S/C27H35Cl2N5O3/c1-8-34(5)22-12-21(20(14-30)17(2)31-9-10-33(3)4)32-15-18(22)11-19(16-35)25-26(28)23(36-6)13-24(37-7)27(25)29/h11-16,30-31H,8-10H2,1-7H3/b19-11+,20-17+,30-14?. The number of hydrogen-bond acceptors (Lipinski definition) is 8. The minimum absolute atomic E-state index is 0.204. The van der Waals surface area contributed by atoms with Crippen LogP contribution in [0.4, 0.5) is 5.69 Å². The third-order valence-corrected chi connectivity index (χ3v) is 6.62. The second-order valence-electron chi connectivity index (χ2n) is 8.56. The number of halogens is 2. The number of aromatic nitrogens is 1. The summed E-state index contributed by atoms with van der Waals surface area (Å²) < 4.78 is 10.7. The number of ether oxygens (including phenoxy) is 2. The van der Waals surface area contributed by atoms with Crippen molar-refractivity contribution in [1.82, 2.24) is 15.2 Å². The van der Waals surface area contributed by atoms with Gasteiger partial charge in [0.1, 0.15) is 11.5 Å². The Morgan fingerprint density at radius 1 is 1.14 bits per heavy atom. The maximum atomic E-state index is 12.3. The minimum Gasteiger partial charge on any atom is -0.495 e. The van der Waals surface area contributed by atoms with Gasteiger partial charge in [-0.25, -0.2) is 0 Å². The van der Waals surface area contributed by atoms with Crippen LogP contribution in [0.5, 0.6) is 11.5 Å². The van der Waals surface area contributed by atoms with Gasteiger partial charge in [0.25, 0.3) is 0 Å². The van der Waals surface area contributed by atoms with Crippen LogP contribution in [0, 0.1) is 5.41 Å². The SMILES string of the molecule is CCN(C)c1cc(/C(C=N)=C(\C)NCCN(C)C)ncc1/C=C(\C=O)c1c(Cl)c(OC)cc(OC)c1Cl. The molecule has 0 atom stereocenters. The van der Waals surface area contributed by atoms with Crippen LogP contribution in [-0.4, -0.2) is 77.4 Å². The van der Waals surface area contributed by atoms with Crippen molar-refractivity contribution in [1.29, 1.82) is 5.41 Å². The monoisotopic (exact) mass is 547 g/mol. The number of aldehydes is 1. The van der Waals surface area contributed by atoms with Gasteiger partial charge in [-0.1, -0.05) is 23.2 Å². The van der Waals surface area contributed by atoms with E-state index in [9.17, 15) is 4.79 Å². The topological polar surface area (TPSA) is 90.8 Å².